The van der Waals surface area contributed by atoms with Gasteiger partial charge in [-0.2, -0.15) is 0 Å². The summed E-state index contributed by atoms with van der Waals surface area (Å²) in [4.78, 5) is 0. The molecule has 0 radical (unpaired) electrons. The summed E-state index contributed by atoms with van der Waals surface area (Å²) in [6.07, 6.45) is 17.8. The highest BCUT2D eigenvalue weighted by Gasteiger charge is 2.14. The minimum Gasteiger partial charge on any atom is -0.391 e. The van der Waals surface area contributed by atoms with Crippen LogP contribution in [0.3, 0.4) is 0 Å². The Bertz CT molecular complexity index is 437. The molecule has 2 atom stereocenters. The molecule has 3 nitrogen and oxygen atoms in total. The van der Waals surface area contributed by atoms with Crippen LogP contribution in [-0.2, 0) is 11.3 Å². The van der Waals surface area contributed by atoms with Crippen LogP contribution in [0.25, 0.3) is 0 Å². The first kappa shape index (κ1) is 25.1. The van der Waals surface area contributed by atoms with Crippen molar-refractivity contribution in [1.29, 1.82) is 0 Å². The number of aliphatic hydroxyl groups excluding tert-OH is 1. The second-order valence-electron chi connectivity index (χ2n) is 8.26. The highest BCUT2D eigenvalue weighted by Crippen LogP contribution is 2.14. The van der Waals surface area contributed by atoms with Gasteiger partial charge < -0.3 is 15.6 Å². The first-order chi connectivity index (χ1) is 13.7. The van der Waals surface area contributed by atoms with Gasteiger partial charge in [-0.3, -0.25) is 0 Å². The van der Waals surface area contributed by atoms with Crippen LogP contribution in [0.2, 0.25) is 0 Å². The van der Waals surface area contributed by atoms with Crippen molar-refractivity contribution in [2.75, 3.05) is 6.61 Å². The number of hydrogen-bond acceptors (Lipinski definition) is 3. The molecule has 3 N–H and O–H groups in total. The molecular weight excluding hydrogens is 346 g/mol. The van der Waals surface area contributed by atoms with E-state index in [0.717, 1.165) is 18.4 Å². The smallest absolute Gasteiger partial charge is 0.0717 e. The van der Waals surface area contributed by atoms with E-state index in [9.17, 15) is 5.11 Å². The molecule has 0 aliphatic carbocycles. The van der Waals surface area contributed by atoms with E-state index < -0.39 is 6.10 Å². The van der Waals surface area contributed by atoms with Gasteiger partial charge in [0.25, 0.3) is 0 Å². The summed E-state index contributed by atoms with van der Waals surface area (Å²) in [6, 6.07) is 9.78. The molecule has 0 heterocycles. The number of benzene rings is 1. The van der Waals surface area contributed by atoms with Gasteiger partial charge in [0.15, 0.2) is 0 Å². The molecule has 3 heteroatoms. The van der Waals surface area contributed by atoms with E-state index in [1.807, 2.05) is 30.3 Å². The zero-order chi connectivity index (χ0) is 20.3. The van der Waals surface area contributed by atoms with E-state index >= 15 is 0 Å². The summed E-state index contributed by atoms with van der Waals surface area (Å²) in [6.45, 7) is 3.24. The van der Waals surface area contributed by atoms with Gasteiger partial charge in [-0.1, -0.05) is 121 Å². The second-order valence-corrected chi connectivity index (χ2v) is 8.26. The Balaban J connectivity index is 1.86. The van der Waals surface area contributed by atoms with Gasteiger partial charge in [0.05, 0.1) is 25.4 Å². The van der Waals surface area contributed by atoms with Crippen LogP contribution >= 0.6 is 0 Å². The molecule has 1 aromatic carbocycles. The first-order valence-electron chi connectivity index (χ1n) is 11.8. The van der Waals surface area contributed by atoms with E-state index in [2.05, 4.69) is 6.92 Å². The lowest BCUT2D eigenvalue weighted by Crippen LogP contribution is -2.38. The van der Waals surface area contributed by atoms with Gasteiger partial charge in [0.2, 0.25) is 0 Å². The fourth-order valence-corrected chi connectivity index (χ4v) is 3.58. The van der Waals surface area contributed by atoms with E-state index in [0.29, 0.717) is 13.2 Å². The van der Waals surface area contributed by atoms with Crippen molar-refractivity contribution < 1.29 is 9.84 Å². The van der Waals surface area contributed by atoms with Crippen LogP contribution in [0.1, 0.15) is 102 Å². The Morgan fingerprint density at radius 1 is 0.786 bits per heavy atom. The maximum Gasteiger partial charge on any atom is 0.0717 e. The second kappa shape index (κ2) is 18.1. The number of hydrogen-bond donors (Lipinski definition) is 2. The third kappa shape index (κ3) is 14.1. The summed E-state index contributed by atoms with van der Waals surface area (Å²) in [5, 5.41) is 10.2. The summed E-state index contributed by atoms with van der Waals surface area (Å²) in [7, 11) is 0. The SMILES string of the molecule is CCCCCCCCCCCCCCC[C@@H](O)[C@H](N)COCc1ccccc1. The molecule has 0 aliphatic rings. The number of nitrogens with two attached hydrogens (primary N) is 1. The molecule has 0 aliphatic heterocycles. The van der Waals surface area contributed by atoms with Crippen LogP contribution in [0.4, 0.5) is 0 Å². The largest absolute Gasteiger partial charge is 0.391 e. The molecule has 0 spiro atoms. The van der Waals surface area contributed by atoms with Crippen molar-refractivity contribution in [3.8, 4) is 0 Å². The molecule has 28 heavy (non-hydrogen) atoms. The lowest BCUT2D eigenvalue weighted by atomic mass is 10.0. The molecule has 0 bridgehead atoms. The Morgan fingerprint density at radius 2 is 1.29 bits per heavy atom. The van der Waals surface area contributed by atoms with Crippen LogP contribution in [0.5, 0.6) is 0 Å². The average Bonchev–Trinajstić information content (AvgIpc) is 2.72. The highest BCUT2D eigenvalue weighted by molar-refractivity contribution is 5.13. The molecule has 0 saturated carbocycles. The van der Waals surface area contributed by atoms with Gasteiger partial charge in [0, 0.05) is 0 Å². The Labute approximate surface area is 174 Å². The summed E-state index contributed by atoms with van der Waals surface area (Å²) in [5.74, 6) is 0. The first-order valence-corrected chi connectivity index (χ1v) is 11.8. The lowest BCUT2D eigenvalue weighted by molar-refractivity contribution is 0.0504. The lowest BCUT2D eigenvalue weighted by Gasteiger charge is -2.19. The zero-order valence-corrected chi connectivity index (χ0v) is 18.3. The monoisotopic (exact) mass is 391 g/mol. The van der Waals surface area contributed by atoms with Gasteiger partial charge in [-0.15, -0.1) is 0 Å². The highest BCUT2D eigenvalue weighted by atomic mass is 16.5. The van der Waals surface area contributed by atoms with Crippen molar-refractivity contribution in [3.05, 3.63) is 35.9 Å². The Hall–Kier alpha value is -0.900. The average molecular weight is 392 g/mol. The molecular formula is C25H45NO2. The van der Waals surface area contributed by atoms with Crippen LogP contribution in [0.15, 0.2) is 30.3 Å². The van der Waals surface area contributed by atoms with E-state index in [1.165, 1.54) is 77.0 Å². The molecule has 0 fully saturated rings. The normalized spacial score (nSPS) is 13.5. The van der Waals surface area contributed by atoms with Crippen LogP contribution in [-0.4, -0.2) is 23.9 Å². The van der Waals surface area contributed by atoms with Gasteiger partial charge in [-0.05, 0) is 12.0 Å². The van der Waals surface area contributed by atoms with E-state index in [1.54, 1.807) is 0 Å². The Kier molecular flexibility index (Phi) is 16.3. The van der Waals surface area contributed by atoms with E-state index in [4.69, 9.17) is 10.5 Å². The quantitative estimate of drug-likeness (QED) is 0.269. The van der Waals surface area contributed by atoms with E-state index in [-0.39, 0.29) is 6.04 Å². The number of ether oxygens (including phenoxy) is 1. The fourth-order valence-electron chi connectivity index (χ4n) is 3.58. The molecule has 162 valence electrons. The standard InChI is InChI=1S/C25H45NO2/c1-2-3-4-5-6-7-8-9-10-11-12-13-17-20-25(27)24(26)22-28-21-23-18-15-14-16-19-23/h14-16,18-19,24-25,27H,2-13,17,20-22,26H2,1H3/t24-,25-/m1/s1. The van der Waals surface area contributed by atoms with Crippen LogP contribution in [0, 0.1) is 0 Å². The topological polar surface area (TPSA) is 55.5 Å². The van der Waals surface area contributed by atoms with Gasteiger partial charge in [-0.25, -0.2) is 0 Å². The predicted molar refractivity (Wildman–Crippen MR) is 120 cm³/mol. The number of unbranched alkanes of at least 4 members (excludes halogenated alkanes) is 12. The van der Waals surface area contributed by atoms with Gasteiger partial charge >= 0.3 is 0 Å². The minimum atomic E-state index is -0.455. The maximum absolute atomic E-state index is 10.2. The minimum absolute atomic E-state index is 0.291. The maximum atomic E-state index is 10.2. The summed E-state index contributed by atoms with van der Waals surface area (Å²) in [5.41, 5.74) is 7.19. The van der Waals surface area contributed by atoms with Crippen molar-refractivity contribution in [2.45, 2.75) is 116 Å². The van der Waals surface area contributed by atoms with Crippen molar-refractivity contribution in [2.24, 2.45) is 5.73 Å². The Morgan fingerprint density at radius 3 is 1.82 bits per heavy atom. The molecule has 0 amide bonds. The molecule has 1 rings (SSSR count). The third-order valence-corrected chi connectivity index (χ3v) is 5.52. The number of aliphatic hydroxyl groups is 1. The van der Waals surface area contributed by atoms with Crippen molar-refractivity contribution in [1.82, 2.24) is 0 Å². The van der Waals surface area contributed by atoms with Crippen molar-refractivity contribution in [3.63, 3.8) is 0 Å². The zero-order valence-electron chi connectivity index (χ0n) is 18.3. The van der Waals surface area contributed by atoms with Crippen molar-refractivity contribution >= 4 is 0 Å². The summed E-state index contributed by atoms with van der Waals surface area (Å²) >= 11 is 0. The molecule has 0 unspecified atom stereocenters. The predicted octanol–water partition coefficient (Wildman–Crippen LogP) is 6.37. The van der Waals surface area contributed by atoms with Crippen LogP contribution < -0.4 is 5.73 Å². The number of rotatable bonds is 19. The van der Waals surface area contributed by atoms with Gasteiger partial charge in [0.1, 0.15) is 0 Å². The molecule has 1 aromatic rings. The third-order valence-electron chi connectivity index (χ3n) is 5.52. The molecule has 0 saturated heterocycles. The summed E-state index contributed by atoms with van der Waals surface area (Å²) < 4.78 is 5.64. The molecule has 0 aromatic heterocycles. The fraction of sp³-hybridized carbons (Fsp3) is 0.760.